The third-order valence-corrected chi connectivity index (χ3v) is 2.83. The minimum absolute atomic E-state index is 0.0856. The lowest BCUT2D eigenvalue weighted by Crippen LogP contribution is -2.41. The van der Waals surface area contributed by atoms with Crippen molar-refractivity contribution < 1.29 is 4.79 Å². The number of carbonyl (C=O) groups is 1. The van der Waals surface area contributed by atoms with Crippen molar-refractivity contribution in [2.45, 2.75) is 46.6 Å². The number of carbonyl (C=O) groups excluding carboxylic acids is 1. The van der Waals surface area contributed by atoms with Gasteiger partial charge in [-0.25, -0.2) is 0 Å². The van der Waals surface area contributed by atoms with Gasteiger partial charge in [0.15, 0.2) is 0 Å². The Morgan fingerprint density at radius 3 is 2.23 bits per heavy atom. The van der Waals surface area contributed by atoms with Gasteiger partial charge in [0.25, 0.3) is 0 Å². The van der Waals surface area contributed by atoms with Crippen LogP contribution in [-0.4, -0.2) is 11.4 Å². The van der Waals surface area contributed by atoms with E-state index in [0.29, 0.717) is 11.8 Å². The average molecular weight is 183 g/mol. The van der Waals surface area contributed by atoms with Gasteiger partial charge >= 0.3 is 0 Å². The molecule has 1 fully saturated rings. The summed E-state index contributed by atoms with van der Waals surface area (Å²) in [6.07, 6.45) is 1.13. The van der Waals surface area contributed by atoms with Gasteiger partial charge in [-0.05, 0) is 32.6 Å². The van der Waals surface area contributed by atoms with Crippen LogP contribution in [0.1, 0.15) is 41.0 Å². The van der Waals surface area contributed by atoms with Gasteiger partial charge in [-0.3, -0.25) is 4.79 Å². The highest BCUT2D eigenvalue weighted by Crippen LogP contribution is 2.48. The monoisotopic (exact) mass is 183 g/mol. The highest BCUT2D eigenvalue weighted by atomic mass is 16.2. The van der Waals surface area contributed by atoms with Gasteiger partial charge in [0.2, 0.25) is 5.91 Å². The summed E-state index contributed by atoms with van der Waals surface area (Å²) in [5, 5.41) is 3.04. The van der Waals surface area contributed by atoms with Crippen molar-refractivity contribution in [1.82, 2.24) is 5.32 Å². The van der Waals surface area contributed by atoms with E-state index in [-0.39, 0.29) is 17.4 Å². The molecule has 3 atom stereocenters. The lowest BCUT2D eigenvalue weighted by Gasteiger charge is -2.20. The Hall–Kier alpha value is -0.530. The third-order valence-electron chi connectivity index (χ3n) is 2.83. The van der Waals surface area contributed by atoms with Gasteiger partial charge in [-0.1, -0.05) is 20.3 Å². The van der Waals surface area contributed by atoms with Crippen LogP contribution in [0.3, 0.4) is 0 Å². The number of hydrogen-bond donors (Lipinski definition) is 1. The van der Waals surface area contributed by atoms with E-state index >= 15 is 0 Å². The predicted octanol–water partition coefficient (Wildman–Crippen LogP) is 2.19. The maximum absolute atomic E-state index is 11.7. The van der Waals surface area contributed by atoms with Crippen LogP contribution in [0.2, 0.25) is 0 Å². The lowest BCUT2D eigenvalue weighted by molar-refractivity contribution is -0.124. The predicted molar refractivity (Wildman–Crippen MR) is 54.3 cm³/mol. The highest BCUT2D eigenvalue weighted by Gasteiger charge is 2.50. The molecule has 13 heavy (non-hydrogen) atoms. The molecule has 0 aliphatic heterocycles. The fourth-order valence-corrected chi connectivity index (χ4v) is 2.06. The molecule has 0 bridgehead atoms. The fraction of sp³-hybridized carbons (Fsp3) is 0.909. The Labute approximate surface area is 81.1 Å². The number of amides is 1. The quantitative estimate of drug-likeness (QED) is 0.698. The molecule has 0 aromatic carbocycles. The molecule has 0 radical (unpaired) electrons. The molecule has 2 nitrogen and oxygen atoms in total. The minimum atomic E-state index is -0.0856. The summed E-state index contributed by atoms with van der Waals surface area (Å²) >= 11 is 0. The zero-order valence-electron chi connectivity index (χ0n) is 9.35. The molecule has 0 aromatic rings. The second kappa shape index (κ2) is 3.32. The van der Waals surface area contributed by atoms with E-state index in [2.05, 4.69) is 19.2 Å². The Morgan fingerprint density at radius 2 is 1.92 bits per heavy atom. The first-order valence-corrected chi connectivity index (χ1v) is 5.19. The summed E-state index contributed by atoms with van der Waals surface area (Å²) in [4.78, 5) is 11.7. The smallest absolute Gasteiger partial charge is 0.224 e. The average Bonchev–Trinajstić information content (AvgIpc) is 2.57. The second-order valence-electron chi connectivity index (χ2n) is 5.20. The fourth-order valence-electron chi connectivity index (χ4n) is 2.06. The molecule has 0 unspecified atom stereocenters. The first-order valence-electron chi connectivity index (χ1n) is 5.19. The van der Waals surface area contributed by atoms with Crippen LogP contribution in [0.5, 0.6) is 0 Å². The highest BCUT2D eigenvalue weighted by molar-refractivity contribution is 5.82. The topological polar surface area (TPSA) is 29.1 Å². The van der Waals surface area contributed by atoms with E-state index in [1.807, 2.05) is 20.8 Å². The Bertz CT molecular complexity index is 205. The van der Waals surface area contributed by atoms with E-state index in [9.17, 15) is 4.79 Å². The number of rotatable bonds is 2. The maximum Gasteiger partial charge on any atom is 0.224 e. The second-order valence-corrected chi connectivity index (χ2v) is 5.20. The molecule has 1 aliphatic carbocycles. The Balaban J connectivity index is 2.43. The first kappa shape index (κ1) is 10.6. The summed E-state index contributed by atoms with van der Waals surface area (Å²) in [5.41, 5.74) is -0.0856. The molecule has 0 spiro atoms. The SMILES string of the molecule is CC[C@@H]1[C@H](C)[C@@H]1C(=O)NC(C)(C)C. The third kappa shape index (κ3) is 2.45. The minimum Gasteiger partial charge on any atom is -0.351 e. The molecular weight excluding hydrogens is 162 g/mol. The molecule has 76 valence electrons. The van der Waals surface area contributed by atoms with Crippen molar-refractivity contribution in [3.8, 4) is 0 Å². The van der Waals surface area contributed by atoms with Crippen molar-refractivity contribution in [3.05, 3.63) is 0 Å². The van der Waals surface area contributed by atoms with Gasteiger partial charge in [0.1, 0.15) is 0 Å². The van der Waals surface area contributed by atoms with Gasteiger partial charge in [0, 0.05) is 11.5 Å². The molecule has 0 saturated heterocycles. The van der Waals surface area contributed by atoms with Crippen LogP contribution in [0.25, 0.3) is 0 Å². The van der Waals surface area contributed by atoms with E-state index in [1.165, 1.54) is 0 Å². The van der Waals surface area contributed by atoms with Crippen molar-refractivity contribution in [3.63, 3.8) is 0 Å². The van der Waals surface area contributed by atoms with Crippen molar-refractivity contribution in [2.75, 3.05) is 0 Å². The number of nitrogens with one attached hydrogen (secondary N) is 1. The molecule has 1 N–H and O–H groups in total. The molecule has 1 aliphatic rings. The number of hydrogen-bond acceptors (Lipinski definition) is 1. The summed E-state index contributed by atoms with van der Waals surface area (Å²) in [6.45, 7) is 10.4. The van der Waals surface area contributed by atoms with Crippen molar-refractivity contribution >= 4 is 5.91 Å². The summed E-state index contributed by atoms with van der Waals surface area (Å²) < 4.78 is 0. The van der Waals surface area contributed by atoms with E-state index in [4.69, 9.17) is 0 Å². The zero-order valence-corrected chi connectivity index (χ0v) is 9.35. The Kier molecular flexibility index (Phi) is 2.69. The molecule has 1 rings (SSSR count). The van der Waals surface area contributed by atoms with Crippen LogP contribution < -0.4 is 5.32 Å². The summed E-state index contributed by atoms with van der Waals surface area (Å²) in [7, 11) is 0. The van der Waals surface area contributed by atoms with E-state index in [0.717, 1.165) is 6.42 Å². The zero-order chi connectivity index (χ0) is 10.2. The van der Waals surface area contributed by atoms with Gasteiger partial charge < -0.3 is 5.32 Å². The first-order chi connectivity index (χ1) is 5.87. The molecule has 0 heterocycles. The van der Waals surface area contributed by atoms with Crippen LogP contribution in [-0.2, 0) is 4.79 Å². The maximum atomic E-state index is 11.7. The molecule has 2 heteroatoms. The van der Waals surface area contributed by atoms with Crippen LogP contribution in [0.4, 0.5) is 0 Å². The van der Waals surface area contributed by atoms with Gasteiger partial charge in [0.05, 0.1) is 0 Å². The van der Waals surface area contributed by atoms with Crippen LogP contribution >= 0.6 is 0 Å². The summed E-state index contributed by atoms with van der Waals surface area (Å²) in [5.74, 6) is 1.74. The van der Waals surface area contributed by atoms with Crippen LogP contribution in [0, 0.1) is 17.8 Å². The lowest BCUT2D eigenvalue weighted by atomic mass is 10.1. The largest absolute Gasteiger partial charge is 0.351 e. The summed E-state index contributed by atoms with van der Waals surface area (Å²) in [6, 6.07) is 0. The van der Waals surface area contributed by atoms with Gasteiger partial charge in [-0.2, -0.15) is 0 Å². The van der Waals surface area contributed by atoms with E-state index in [1.54, 1.807) is 0 Å². The van der Waals surface area contributed by atoms with Crippen molar-refractivity contribution in [2.24, 2.45) is 17.8 Å². The molecule has 0 aromatic heterocycles. The molecule has 1 saturated carbocycles. The van der Waals surface area contributed by atoms with Crippen molar-refractivity contribution in [1.29, 1.82) is 0 Å². The molecule has 1 amide bonds. The Morgan fingerprint density at radius 1 is 1.38 bits per heavy atom. The molecular formula is C11H21NO. The van der Waals surface area contributed by atoms with E-state index < -0.39 is 0 Å². The normalized spacial score (nSPS) is 32.8. The van der Waals surface area contributed by atoms with Crippen LogP contribution in [0.15, 0.2) is 0 Å². The standard InChI is InChI=1S/C11H21NO/c1-6-8-7(2)9(8)10(13)12-11(3,4)5/h7-9H,6H2,1-5H3,(H,12,13)/t7-,8+,9-/m0/s1. The van der Waals surface area contributed by atoms with Gasteiger partial charge in [-0.15, -0.1) is 0 Å².